The summed E-state index contributed by atoms with van der Waals surface area (Å²) in [7, 11) is 0. The molecule has 9 nitrogen and oxygen atoms in total. The number of nitrogens with zero attached hydrogens (tertiary/aromatic N) is 5. The lowest BCUT2D eigenvalue weighted by Gasteiger charge is -2.30. The van der Waals surface area contributed by atoms with Gasteiger partial charge in [-0.3, -0.25) is 14.5 Å². The van der Waals surface area contributed by atoms with Crippen LogP contribution in [0, 0.1) is 13.8 Å². The van der Waals surface area contributed by atoms with Crippen LogP contribution in [0.25, 0.3) is 10.9 Å². The predicted octanol–water partition coefficient (Wildman–Crippen LogP) is 3.89. The average Bonchev–Trinajstić information content (AvgIpc) is 3.32. The quantitative estimate of drug-likeness (QED) is 0.310. The lowest BCUT2D eigenvalue weighted by atomic mass is 10.0. The van der Waals surface area contributed by atoms with Crippen molar-refractivity contribution in [1.29, 1.82) is 0 Å². The van der Waals surface area contributed by atoms with Crippen LogP contribution in [0.15, 0.2) is 53.3 Å². The van der Waals surface area contributed by atoms with Crippen molar-refractivity contribution < 1.29 is 9.53 Å². The van der Waals surface area contributed by atoms with Gasteiger partial charge < -0.3 is 9.72 Å². The number of ether oxygens (including phenoxy) is 1. The second-order valence-electron chi connectivity index (χ2n) is 9.28. The molecule has 0 saturated heterocycles. The number of hydrogen-bond donors (Lipinski definition) is 1. The fraction of sp³-hybridized carbons (Fsp3) is 0.393. The van der Waals surface area contributed by atoms with Crippen LogP contribution in [-0.4, -0.2) is 49.2 Å². The Bertz CT molecular complexity index is 1410. The number of aryl methyl sites for hydroxylation is 2. The number of carbonyl (C=O) groups excluding carboxylic acids is 1. The zero-order valence-electron chi connectivity index (χ0n) is 21.9. The minimum absolute atomic E-state index is 0.0611. The van der Waals surface area contributed by atoms with E-state index in [-0.39, 0.29) is 18.1 Å². The number of aromatic nitrogens is 5. The number of aromatic amines is 1. The minimum atomic E-state index is -0.390. The summed E-state index contributed by atoms with van der Waals surface area (Å²) in [5.74, 6) is 0.186. The van der Waals surface area contributed by atoms with Crippen LogP contribution >= 0.6 is 0 Å². The number of H-pyrrole nitrogens is 1. The first-order valence-corrected chi connectivity index (χ1v) is 12.7. The molecule has 0 amide bonds. The summed E-state index contributed by atoms with van der Waals surface area (Å²) in [5, 5.41) is 13.2. The van der Waals surface area contributed by atoms with Crippen LogP contribution in [0.3, 0.4) is 0 Å². The molecule has 0 aliphatic heterocycles. The van der Waals surface area contributed by atoms with Gasteiger partial charge in [0.1, 0.15) is 6.54 Å². The van der Waals surface area contributed by atoms with Crippen LogP contribution in [-0.2, 0) is 29.0 Å². The van der Waals surface area contributed by atoms with Gasteiger partial charge in [-0.2, -0.15) is 0 Å². The smallest absolute Gasteiger partial charge is 0.327 e. The van der Waals surface area contributed by atoms with Gasteiger partial charge in [-0.15, -0.1) is 5.10 Å². The number of hydrogen-bond acceptors (Lipinski definition) is 7. The van der Waals surface area contributed by atoms with Crippen LogP contribution in [0.2, 0.25) is 0 Å². The molecule has 0 spiro atoms. The number of esters is 1. The summed E-state index contributed by atoms with van der Waals surface area (Å²) in [6.45, 7) is 9.26. The highest BCUT2D eigenvalue weighted by Crippen LogP contribution is 2.25. The van der Waals surface area contributed by atoms with Gasteiger partial charge in [0.25, 0.3) is 5.56 Å². The Morgan fingerprint density at radius 3 is 2.59 bits per heavy atom. The number of tetrazole rings is 1. The highest BCUT2D eigenvalue weighted by Gasteiger charge is 2.26. The summed E-state index contributed by atoms with van der Waals surface area (Å²) in [4.78, 5) is 30.6. The molecule has 0 saturated carbocycles. The fourth-order valence-electron chi connectivity index (χ4n) is 4.62. The van der Waals surface area contributed by atoms with E-state index in [1.165, 1.54) is 15.8 Å². The van der Waals surface area contributed by atoms with E-state index >= 15 is 0 Å². The predicted molar refractivity (Wildman–Crippen MR) is 142 cm³/mol. The zero-order valence-corrected chi connectivity index (χ0v) is 21.9. The third-order valence-electron chi connectivity index (χ3n) is 6.71. The van der Waals surface area contributed by atoms with Crippen LogP contribution in [0.1, 0.15) is 54.4 Å². The van der Waals surface area contributed by atoms with Crippen molar-refractivity contribution in [2.24, 2.45) is 0 Å². The molecule has 4 rings (SSSR count). The minimum Gasteiger partial charge on any atom is -0.465 e. The molecule has 2 aromatic heterocycles. The maximum Gasteiger partial charge on any atom is 0.327 e. The maximum atomic E-state index is 13.1. The first-order valence-electron chi connectivity index (χ1n) is 12.7. The molecule has 0 radical (unpaired) electrons. The van der Waals surface area contributed by atoms with E-state index in [1.54, 1.807) is 6.92 Å². The molecule has 9 heteroatoms. The van der Waals surface area contributed by atoms with E-state index in [0.29, 0.717) is 37.5 Å². The van der Waals surface area contributed by atoms with Crippen LogP contribution < -0.4 is 5.56 Å². The standard InChI is InChI=1S/C28H34N6O3/c1-5-25(27-30-31-32-34(27)18-26(35)37-6-2)33(13-12-21-10-8-7-9-11-21)17-23-16-22-14-19(3)20(4)15-24(22)29-28(23)36/h7-11,14-16,25H,5-6,12-13,17-18H2,1-4H3,(H,29,36). The molecule has 37 heavy (non-hydrogen) atoms. The number of fused-ring (bicyclic) bond motifs is 1. The lowest BCUT2D eigenvalue weighted by molar-refractivity contribution is -0.144. The highest BCUT2D eigenvalue weighted by molar-refractivity contribution is 5.80. The number of benzene rings is 2. The molecule has 0 bridgehead atoms. The van der Waals surface area contributed by atoms with E-state index in [1.807, 2.05) is 37.3 Å². The average molecular weight is 503 g/mol. The molecule has 0 fully saturated rings. The number of carbonyl (C=O) groups is 1. The Labute approximate surface area is 216 Å². The van der Waals surface area contributed by atoms with E-state index in [4.69, 9.17) is 4.74 Å². The van der Waals surface area contributed by atoms with Gasteiger partial charge in [-0.05, 0) is 84.3 Å². The molecule has 0 aliphatic rings. The molecule has 1 N–H and O–H groups in total. The summed E-state index contributed by atoms with van der Waals surface area (Å²) in [6, 6.07) is 16.1. The van der Waals surface area contributed by atoms with Crippen molar-refractivity contribution in [2.75, 3.05) is 13.2 Å². The Kier molecular flexibility index (Phi) is 8.45. The van der Waals surface area contributed by atoms with Gasteiger partial charge in [0.2, 0.25) is 0 Å². The molecule has 1 atom stereocenters. The summed E-state index contributed by atoms with van der Waals surface area (Å²) in [5.41, 5.74) is 4.91. The Balaban J connectivity index is 1.68. The Morgan fingerprint density at radius 1 is 1.11 bits per heavy atom. The van der Waals surface area contributed by atoms with Gasteiger partial charge in [0.05, 0.1) is 12.6 Å². The zero-order chi connectivity index (χ0) is 26.4. The SMILES string of the molecule is CCOC(=O)Cn1nnnc1C(CC)N(CCc1ccccc1)Cc1cc2cc(C)c(C)cc2[nH]c1=O. The third-order valence-corrected chi connectivity index (χ3v) is 6.71. The van der Waals surface area contributed by atoms with Gasteiger partial charge in [-0.1, -0.05) is 37.3 Å². The molecule has 2 aromatic carbocycles. The van der Waals surface area contributed by atoms with Gasteiger partial charge in [-0.25, -0.2) is 4.68 Å². The number of nitrogens with one attached hydrogen (secondary N) is 1. The highest BCUT2D eigenvalue weighted by atomic mass is 16.5. The summed E-state index contributed by atoms with van der Waals surface area (Å²) >= 11 is 0. The van der Waals surface area contributed by atoms with Crippen molar-refractivity contribution in [1.82, 2.24) is 30.1 Å². The fourth-order valence-corrected chi connectivity index (χ4v) is 4.62. The Hall–Kier alpha value is -3.85. The molecule has 2 heterocycles. The van der Waals surface area contributed by atoms with E-state index in [0.717, 1.165) is 22.9 Å². The van der Waals surface area contributed by atoms with E-state index in [9.17, 15) is 9.59 Å². The van der Waals surface area contributed by atoms with E-state index in [2.05, 4.69) is 57.5 Å². The first-order chi connectivity index (χ1) is 17.9. The maximum absolute atomic E-state index is 13.1. The molecular weight excluding hydrogens is 468 g/mol. The molecule has 4 aromatic rings. The first kappa shape index (κ1) is 26.2. The van der Waals surface area contributed by atoms with Crippen molar-refractivity contribution in [3.63, 3.8) is 0 Å². The monoisotopic (exact) mass is 502 g/mol. The van der Waals surface area contributed by atoms with Crippen molar-refractivity contribution in [2.45, 2.75) is 59.7 Å². The number of rotatable bonds is 11. The second-order valence-corrected chi connectivity index (χ2v) is 9.28. The lowest BCUT2D eigenvalue weighted by Crippen LogP contribution is -2.34. The van der Waals surface area contributed by atoms with Crippen molar-refractivity contribution in [3.8, 4) is 0 Å². The van der Waals surface area contributed by atoms with Gasteiger partial charge >= 0.3 is 5.97 Å². The van der Waals surface area contributed by atoms with Gasteiger partial charge in [0, 0.05) is 24.2 Å². The van der Waals surface area contributed by atoms with Crippen LogP contribution in [0.5, 0.6) is 0 Å². The number of pyridine rings is 1. The van der Waals surface area contributed by atoms with Crippen molar-refractivity contribution >= 4 is 16.9 Å². The normalized spacial score (nSPS) is 12.2. The largest absolute Gasteiger partial charge is 0.465 e. The molecule has 0 aliphatic carbocycles. The molecular formula is C28H34N6O3. The van der Waals surface area contributed by atoms with E-state index < -0.39 is 5.97 Å². The molecule has 1 unspecified atom stereocenters. The summed E-state index contributed by atoms with van der Waals surface area (Å²) < 4.78 is 6.60. The third kappa shape index (κ3) is 6.29. The van der Waals surface area contributed by atoms with Gasteiger partial charge in [0.15, 0.2) is 5.82 Å². The topological polar surface area (TPSA) is 106 Å². The molecule has 194 valence electrons. The Morgan fingerprint density at radius 2 is 1.86 bits per heavy atom. The second kappa shape index (κ2) is 11.9. The summed E-state index contributed by atoms with van der Waals surface area (Å²) in [6.07, 6.45) is 1.49. The van der Waals surface area contributed by atoms with Crippen LogP contribution in [0.4, 0.5) is 0 Å². The van der Waals surface area contributed by atoms with Crippen molar-refractivity contribution in [3.05, 3.63) is 87.0 Å².